The standard InChI is InChI=1S/C13H26N4O2S/c1-12(2)14-8-4-5-11-20(18,19)15-9-6-13-7-10-17(3)16-13/h7,10,12,14-15H,4-6,8-9,11H2,1-3H3. The van der Waals surface area contributed by atoms with E-state index in [1.54, 1.807) is 4.68 Å². The molecule has 1 aromatic heterocycles. The van der Waals surface area contributed by atoms with Crippen LogP contribution in [0.2, 0.25) is 0 Å². The quantitative estimate of drug-likeness (QED) is 0.623. The highest BCUT2D eigenvalue weighted by atomic mass is 32.2. The van der Waals surface area contributed by atoms with Gasteiger partial charge in [0.15, 0.2) is 0 Å². The van der Waals surface area contributed by atoms with Crippen LogP contribution in [0, 0.1) is 0 Å². The Morgan fingerprint density at radius 1 is 1.30 bits per heavy atom. The minimum atomic E-state index is -3.16. The Labute approximate surface area is 122 Å². The number of nitrogens with one attached hydrogen (secondary N) is 2. The van der Waals surface area contributed by atoms with Crippen molar-refractivity contribution < 1.29 is 8.42 Å². The summed E-state index contributed by atoms with van der Waals surface area (Å²) in [5, 5.41) is 7.48. The molecule has 7 heteroatoms. The first kappa shape index (κ1) is 17.1. The van der Waals surface area contributed by atoms with Crippen LogP contribution in [0.5, 0.6) is 0 Å². The van der Waals surface area contributed by atoms with Gasteiger partial charge in [-0.05, 0) is 25.5 Å². The van der Waals surface area contributed by atoms with E-state index in [0.29, 0.717) is 25.4 Å². The molecule has 20 heavy (non-hydrogen) atoms. The van der Waals surface area contributed by atoms with Gasteiger partial charge >= 0.3 is 0 Å². The zero-order chi connectivity index (χ0) is 15.0. The average molecular weight is 302 g/mol. The van der Waals surface area contributed by atoms with Gasteiger partial charge in [-0.3, -0.25) is 4.68 Å². The van der Waals surface area contributed by atoms with Crippen molar-refractivity contribution in [1.29, 1.82) is 0 Å². The summed E-state index contributed by atoms with van der Waals surface area (Å²) < 4.78 is 27.9. The Morgan fingerprint density at radius 2 is 2.05 bits per heavy atom. The molecule has 0 aliphatic heterocycles. The zero-order valence-corrected chi connectivity index (χ0v) is 13.4. The molecular weight excluding hydrogens is 276 g/mol. The highest BCUT2D eigenvalue weighted by Gasteiger charge is 2.09. The van der Waals surface area contributed by atoms with Gasteiger partial charge in [0.25, 0.3) is 0 Å². The molecule has 0 radical (unpaired) electrons. The highest BCUT2D eigenvalue weighted by molar-refractivity contribution is 7.89. The molecule has 1 heterocycles. The van der Waals surface area contributed by atoms with E-state index in [1.807, 2.05) is 19.3 Å². The Morgan fingerprint density at radius 3 is 2.65 bits per heavy atom. The van der Waals surface area contributed by atoms with Crippen molar-refractivity contribution in [1.82, 2.24) is 19.8 Å². The van der Waals surface area contributed by atoms with Crippen molar-refractivity contribution in [2.24, 2.45) is 7.05 Å². The summed E-state index contributed by atoms with van der Waals surface area (Å²) in [6.07, 6.45) is 4.03. The summed E-state index contributed by atoms with van der Waals surface area (Å²) >= 11 is 0. The molecule has 0 atom stereocenters. The summed E-state index contributed by atoms with van der Waals surface area (Å²) in [6.45, 7) is 5.43. The number of hydrogen-bond acceptors (Lipinski definition) is 4. The molecule has 0 bridgehead atoms. The van der Waals surface area contributed by atoms with Crippen molar-refractivity contribution in [3.63, 3.8) is 0 Å². The molecule has 0 spiro atoms. The molecule has 0 aliphatic rings. The number of unbranched alkanes of at least 4 members (excludes halogenated alkanes) is 1. The van der Waals surface area contributed by atoms with E-state index in [-0.39, 0.29) is 5.75 Å². The molecule has 1 aromatic rings. The van der Waals surface area contributed by atoms with Gasteiger partial charge in [-0.25, -0.2) is 13.1 Å². The summed E-state index contributed by atoms with van der Waals surface area (Å²) in [6, 6.07) is 2.34. The SMILES string of the molecule is CC(C)NCCCCS(=O)(=O)NCCc1ccn(C)n1. The molecular formula is C13H26N4O2S. The van der Waals surface area contributed by atoms with Crippen LogP contribution >= 0.6 is 0 Å². The zero-order valence-electron chi connectivity index (χ0n) is 12.6. The fourth-order valence-corrected chi connectivity index (χ4v) is 2.95. The van der Waals surface area contributed by atoms with Gasteiger partial charge < -0.3 is 5.32 Å². The predicted molar refractivity (Wildman–Crippen MR) is 81.1 cm³/mol. The maximum absolute atomic E-state index is 11.8. The molecule has 0 aromatic carbocycles. The maximum Gasteiger partial charge on any atom is 0.211 e. The van der Waals surface area contributed by atoms with E-state index in [0.717, 1.165) is 18.7 Å². The normalized spacial score (nSPS) is 12.2. The number of nitrogens with zero attached hydrogens (tertiary/aromatic N) is 2. The first-order valence-electron chi connectivity index (χ1n) is 7.08. The second-order valence-corrected chi connectivity index (χ2v) is 7.19. The monoisotopic (exact) mass is 302 g/mol. The van der Waals surface area contributed by atoms with Crippen LogP contribution in [0.15, 0.2) is 12.3 Å². The summed E-state index contributed by atoms with van der Waals surface area (Å²) in [5.74, 6) is 0.189. The minimum Gasteiger partial charge on any atom is -0.315 e. The third kappa shape index (κ3) is 7.62. The van der Waals surface area contributed by atoms with Gasteiger partial charge in [0, 0.05) is 32.3 Å². The van der Waals surface area contributed by atoms with Crippen LogP contribution in [-0.4, -0.2) is 43.1 Å². The lowest BCUT2D eigenvalue weighted by atomic mass is 10.3. The summed E-state index contributed by atoms with van der Waals surface area (Å²) in [7, 11) is -1.31. The molecule has 116 valence electrons. The van der Waals surface area contributed by atoms with Crippen molar-refractivity contribution >= 4 is 10.0 Å². The third-order valence-electron chi connectivity index (χ3n) is 2.86. The number of rotatable bonds is 10. The molecule has 0 saturated heterocycles. The third-order valence-corrected chi connectivity index (χ3v) is 4.33. The Kier molecular flexibility index (Phi) is 7.18. The second-order valence-electron chi connectivity index (χ2n) is 5.26. The molecule has 0 fully saturated rings. The number of sulfonamides is 1. The minimum absolute atomic E-state index is 0.189. The number of aryl methyl sites for hydroxylation is 1. The fourth-order valence-electron chi connectivity index (χ4n) is 1.81. The van der Waals surface area contributed by atoms with Gasteiger partial charge in [-0.2, -0.15) is 5.10 Å². The second kappa shape index (κ2) is 8.39. The molecule has 0 amide bonds. The van der Waals surface area contributed by atoms with E-state index in [2.05, 4.69) is 29.0 Å². The number of hydrogen-bond donors (Lipinski definition) is 2. The van der Waals surface area contributed by atoms with Gasteiger partial charge in [0.05, 0.1) is 11.4 Å². The van der Waals surface area contributed by atoms with Crippen molar-refractivity contribution in [3.8, 4) is 0 Å². The van der Waals surface area contributed by atoms with E-state index in [9.17, 15) is 8.42 Å². The van der Waals surface area contributed by atoms with Crippen molar-refractivity contribution in [2.75, 3.05) is 18.8 Å². The van der Waals surface area contributed by atoms with E-state index in [4.69, 9.17) is 0 Å². The fraction of sp³-hybridized carbons (Fsp3) is 0.769. The van der Waals surface area contributed by atoms with Gasteiger partial charge in [-0.1, -0.05) is 13.8 Å². The molecule has 0 unspecified atom stereocenters. The lowest BCUT2D eigenvalue weighted by Gasteiger charge is -2.08. The highest BCUT2D eigenvalue weighted by Crippen LogP contribution is 1.97. The van der Waals surface area contributed by atoms with Gasteiger partial charge in [0.2, 0.25) is 10.0 Å². The molecule has 2 N–H and O–H groups in total. The molecule has 0 saturated carbocycles. The average Bonchev–Trinajstić information content (AvgIpc) is 2.74. The van der Waals surface area contributed by atoms with Gasteiger partial charge in [0.1, 0.15) is 0 Å². The van der Waals surface area contributed by atoms with E-state index >= 15 is 0 Å². The molecule has 6 nitrogen and oxygen atoms in total. The Hall–Kier alpha value is -0.920. The lowest BCUT2D eigenvalue weighted by Crippen LogP contribution is -2.29. The lowest BCUT2D eigenvalue weighted by molar-refractivity contribution is 0.555. The van der Waals surface area contributed by atoms with Crippen LogP contribution in [0.25, 0.3) is 0 Å². The predicted octanol–water partition coefficient (Wildman–Crippen LogP) is 0.660. The smallest absolute Gasteiger partial charge is 0.211 e. The summed E-state index contributed by atoms with van der Waals surface area (Å²) in [5.41, 5.74) is 0.899. The first-order chi connectivity index (χ1) is 9.39. The van der Waals surface area contributed by atoms with Crippen LogP contribution in [0.3, 0.4) is 0 Å². The van der Waals surface area contributed by atoms with Crippen molar-refractivity contribution in [3.05, 3.63) is 18.0 Å². The van der Waals surface area contributed by atoms with Crippen LogP contribution in [-0.2, 0) is 23.5 Å². The van der Waals surface area contributed by atoms with Crippen LogP contribution in [0.4, 0.5) is 0 Å². The first-order valence-corrected chi connectivity index (χ1v) is 8.73. The van der Waals surface area contributed by atoms with E-state index < -0.39 is 10.0 Å². The van der Waals surface area contributed by atoms with Crippen LogP contribution < -0.4 is 10.0 Å². The van der Waals surface area contributed by atoms with Crippen molar-refractivity contribution in [2.45, 2.75) is 39.2 Å². The largest absolute Gasteiger partial charge is 0.315 e. The molecule has 0 aliphatic carbocycles. The van der Waals surface area contributed by atoms with Crippen LogP contribution in [0.1, 0.15) is 32.4 Å². The Bertz CT molecular complexity index is 482. The van der Waals surface area contributed by atoms with E-state index in [1.165, 1.54) is 0 Å². The topological polar surface area (TPSA) is 76.0 Å². The summed E-state index contributed by atoms with van der Waals surface area (Å²) in [4.78, 5) is 0. The van der Waals surface area contributed by atoms with Gasteiger partial charge in [-0.15, -0.1) is 0 Å². The Balaban J connectivity index is 2.14. The maximum atomic E-state index is 11.8. The molecule has 1 rings (SSSR count). The number of aromatic nitrogens is 2.